The zero-order chi connectivity index (χ0) is 16.9. The lowest BCUT2D eigenvalue weighted by molar-refractivity contribution is 0.0490. The summed E-state index contributed by atoms with van der Waals surface area (Å²) in [4.78, 5) is 23.7. The molecule has 0 spiro atoms. The van der Waals surface area contributed by atoms with E-state index in [9.17, 15) is 9.59 Å². The second-order valence-electron chi connectivity index (χ2n) is 7.50. The summed E-state index contributed by atoms with van der Waals surface area (Å²) in [6.45, 7) is 7.37. The molecule has 2 rings (SSSR count). The van der Waals surface area contributed by atoms with Gasteiger partial charge >= 0.3 is 12.1 Å². The van der Waals surface area contributed by atoms with Crippen molar-refractivity contribution in [1.82, 2.24) is 21.3 Å². The Labute approximate surface area is 138 Å². The summed E-state index contributed by atoms with van der Waals surface area (Å²) in [6.07, 6.45) is 4.08. The second-order valence-corrected chi connectivity index (χ2v) is 7.50. The van der Waals surface area contributed by atoms with Gasteiger partial charge in [0.05, 0.1) is 0 Å². The topological polar surface area (TPSA) is 91.5 Å². The van der Waals surface area contributed by atoms with Gasteiger partial charge in [0.1, 0.15) is 5.60 Å². The second kappa shape index (κ2) is 7.86. The molecule has 3 amide bonds. The molecule has 2 aliphatic rings. The van der Waals surface area contributed by atoms with Crippen molar-refractivity contribution in [2.45, 2.75) is 76.6 Å². The molecular weight excluding hydrogens is 296 g/mol. The fourth-order valence-corrected chi connectivity index (χ4v) is 3.05. The fourth-order valence-electron chi connectivity index (χ4n) is 3.05. The lowest BCUT2D eigenvalue weighted by Crippen LogP contribution is -2.49. The number of rotatable bonds is 3. The number of hydrogen-bond acceptors (Lipinski definition) is 4. The van der Waals surface area contributed by atoms with Crippen molar-refractivity contribution in [2.24, 2.45) is 0 Å². The van der Waals surface area contributed by atoms with Gasteiger partial charge in [0.15, 0.2) is 0 Å². The minimum absolute atomic E-state index is 0.0812. The molecule has 1 unspecified atom stereocenters. The van der Waals surface area contributed by atoms with Crippen LogP contribution in [0.4, 0.5) is 9.59 Å². The van der Waals surface area contributed by atoms with Crippen LogP contribution < -0.4 is 21.3 Å². The first-order valence-corrected chi connectivity index (χ1v) is 8.59. The molecular formula is C16H30N4O3. The van der Waals surface area contributed by atoms with Gasteiger partial charge in [-0.05, 0) is 59.4 Å². The third kappa shape index (κ3) is 6.64. The standard InChI is InChI=1S/C16H30N4O3/c1-16(2,3)23-15(22)20-12-6-4-11(5-7-12)18-14(21)19-13-8-9-17-10-13/h11-13,17H,4-10H2,1-3H3,(H,20,22)(H2,18,19,21). The van der Waals surface area contributed by atoms with Gasteiger partial charge in [-0.25, -0.2) is 9.59 Å². The molecule has 7 nitrogen and oxygen atoms in total. The van der Waals surface area contributed by atoms with Gasteiger partial charge in [0.2, 0.25) is 0 Å². The molecule has 0 aromatic rings. The summed E-state index contributed by atoms with van der Waals surface area (Å²) in [6, 6.07) is 0.466. The maximum Gasteiger partial charge on any atom is 0.407 e. The van der Waals surface area contributed by atoms with Crippen molar-refractivity contribution < 1.29 is 14.3 Å². The van der Waals surface area contributed by atoms with Gasteiger partial charge in [-0.15, -0.1) is 0 Å². The molecule has 1 aliphatic carbocycles. The Kier molecular flexibility index (Phi) is 6.10. The SMILES string of the molecule is CC(C)(C)OC(=O)NC1CCC(NC(=O)NC2CCNC2)CC1. The minimum atomic E-state index is -0.476. The van der Waals surface area contributed by atoms with Crippen molar-refractivity contribution in [2.75, 3.05) is 13.1 Å². The molecule has 0 aromatic heterocycles. The molecule has 23 heavy (non-hydrogen) atoms. The molecule has 7 heteroatoms. The molecule has 2 fully saturated rings. The minimum Gasteiger partial charge on any atom is -0.444 e. The van der Waals surface area contributed by atoms with Gasteiger partial charge in [-0.3, -0.25) is 0 Å². The van der Waals surface area contributed by atoms with Crippen LogP contribution in [-0.4, -0.2) is 48.9 Å². The summed E-state index contributed by atoms with van der Waals surface area (Å²) >= 11 is 0. The van der Waals surface area contributed by atoms with Gasteiger partial charge < -0.3 is 26.0 Å². The summed E-state index contributed by atoms with van der Waals surface area (Å²) < 4.78 is 5.27. The Morgan fingerprint density at radius 2 is 1.48 bits per heavy atom. The molecule has 0 aromatic carbocycles. The van der Waals surface area contributed by atoms with E-state index in [0.29, 0.717) is 0 Å². The van der Waals surface area contributed by atoms with Crippen LogP contribution in [0.5, 0.6) is 0 Å². The van der Waals surface area contributed by atoms with Crippen molar-refractivity contribution in [1.29, 1.82) is 0 Å². The normalized spacial score (nSPS) is 28.0. The zero-order valence-corrected chi connectivity index (χ0v) is 14.4. The first-order valence-electron chi connectivity index (χ1n) is 8.59. The molecule has 1 heterocycles. The first-order chi connectivity index (χ1) is 10.8. The zero-order valence-electron chi connectivity index (χ0n) is 14.4. The number of urea groups is 1. The van der Waals surface area contributed by atoms with E-state index in [1.165, 1.54) is 0 Å². The number of carbonyl (C=O) groups excluding carboxylic acids is 2. The Balaban J connectivity index is 1.63. The van der Waals surface area contributed by atoms with Crippen molar-refractivity contribution in [3.05, 3.63) is 0 Å². The lowest BCUT2D eigenvalue weighted by atomic mass is 9.91. The molecule has 1 aliphatic heterocycles. The molecule has 1 atom stereocenters. The Morgan fingerprint density at radius 3 is 2.00 bits per heavy atom. The van der Waals surface area contributed by atoms with E-state index in [0.717, 1.165) is 45.2 Å². The van der Waals surface area contributed by atoms with Gasteiger partial charge in [-0.2, -0.15) is 0 Å². The van der Waals surface area contributed by atoms with Gasteiger partial charge in [0.25, 0.3) is 0 Å². The van der Waals surface area contributed by atoms with E-state index in [1.54, 1.807) is 0 Å². The fraction of sp³-hybridized carbons (Fsp3) is 0.875. The molecule has 132 valence electrons. The van der Waals surface area contributed by atoms with Crippen LogP contribution in [0.3, 0.4) is 0 Å². The van der Waals surface area contributed by atoms with Crippen molar-refractivity contribution >= 4 is 12.1 Å². The smallest absolute Gasteiger partial charge is 0.407 e. The van der Waals surface area contributed by atoms with Crippen LogP contribution in [-0.2, 0) is 4.74 Å². The highest BCUT2D eigenvalue weighted by Crippen LogP contribution is 2.19. The molecule has 0 bridgehead atoms. The molecule has 4 N–H and O–H groups in total. The summed E-state index contributed by atoms with van der Waals surface area (Å²) in [5.74, 6) is 0. The molecule has 1 saturated carbocycles. The first kappa shape index (κ1) is 17.8. The van der Waals surface area contributed by atoms with Crippen LogP contribution in [0.2, 0.25) is 0 Å². The number of alkyl carbamates (subject to hydrolysis) is 1. The van der Waals surface area contributed by atoms with E-state index in [4.69, 9.17) is 4.74 Å². The van der Waals surface area contributed by atoms with E-state index < -0.39 is 5.60 Å². The predicted molar refractivity (Wildman–Crippen MR) is 88.4 cm³/mol. The average Bonchev–Trinajstić information content (AvgIpc) is 2.91. The predicted octanol–water partition coefficient (Wildman–Crippen LogP) is 1.48. The number of nitrogens with one attached hydrogen (secondary N) is 4. The number of hydrogen-bond donors (Lipinski definition) is 4. The van der Waals surface area contributed by atoms with Crippen molar-refractivity contribution in [3.63, 3.8) is 0 Å². The highest BCUT2D eigenvalue weighted by molar-refractivity contribution is 5.74. The Morgan fingerprint density at radius 1 is 0.913 bits per heavy atom. The molecule has 0 radical (unpaired) electrons. The molecule has 1 saturated heterocycles. The highest BCUT2D eigenvalue weighted by atomic mass is 16.6. The van der Waals surface area contributed by atoms with Crippen LogP contribution in [0.15, 0.2) is 0 Å². The maximum atomic E-state index is 11.9. The third-order valence-corrected chi connectivity index (χ3v) is 4.18. The average molecular weight is 326 g/mol. The number of amides is 3. The van der Waals surface area contributed by atoms with Crippen molar-refractivity contribution in [3.8, 4) is 0 Å². The quantitative estimate of drug-likeness (QED) is 0.632. The van der Waals surface area contributed by atoms with E-state index in [2.05, 4.69) is 21.3 Å². The summed E-state index contributed by atoms with van der Waals surface area (Å²) in [5.41, 5.74) is -0.476. The Bertz CT molecular complexity index is 408. The summed E-state index contributed by atoms with van der Waals surface area (Å²) in [7, 11) is 0. The van der Waals surface area contributed by atoms with Crippen LogP contribution in [0.25, 0.3) is 0 Å². The Hall–Kier alpha value is -1.50. The summed E-state index contributed by atoms with van der Waals surface area (Å²) in [5, 5.41) is 12.2. The number of carbonyl (C=O) groups is 2. The van der Waals surface area contributed by atoms with E-state index >= 15 is 0 Å². The van der Waals surface area contributed by atoms with E-state index in [-0.39, 0.29) is 30.2 Å². The maximum absolute atomic E-state index is 11.9. The van der Waals surface area contributed by atoms with E-state index in [1.807, 2.05) is 20.8 Å². The third-order valence-electron chi connectivity index (χ3n) is 4.18. The van der Waals surface area contributed by atoms with Crippen LogP contribution in [0.1, 0.15) is 52.9 Å². The van der Waals surface area contributed by atoms with Gasteiger partial charge in [-0.1, -0.05) is 0 Å². The van der Waals surface area contributed by atoms with Gasteiger partial charge in [0, 0.05) is 24.7 Å². The highest BCUT2D eigenvalue weighted by Gasteiger charge is 2.26. The number of ether oxygens (including phenoxy) is 1. The van der Waals surface area contributed by atoms with Crippen LogP contribution >= 0.6 is 0 Å². The monoisotopic (exact) mass is 326 g/mol. The largest absolute Gasteiger partial charge is 0.444 e. The van der Waals surface area contributed by atoms with Crippen LogP contribution in [0, 0.1) is 0 Å². The lowest BCUT2D eigenvalue weighted by Gasteiger charge is -2.30.